The summed E-state index contributed by atoms with van der Waals surface area (Å²) in [6.45, 7) is 5.40. The van der Waals surface area contributed by atoms with Crippen LogP contribution in [0.5, 0.6) is 0 Å². The first kappa shape index (κ1) is 26.4. The minimum atomic E-state index is 0.171. The van der Waals surface area contributed by atoms with Crippen LogP contribution in [-0.4, -0.2) is 57.0 Å². The molecule has 6 nitrogen and oxygen atoms in total. The van der Waals surface area contributed by atoms with Gasteiger partial charge in [-0.25, -0.2) is 0 Å². The molecule has 1 amide bonds. The Bertz CT molecular complexity index is 1060. The number of nitrogens with zero attached hydrogens (tertiary/aromatic N) is 4. The summed E-state index contributed by atoms with van der Waals surface area (Å²) < 4.78 is 2.16. The average Bonchev–Trinajstić information content (AvgIpc) is 3.30. The summed E-state index contributed by atoms with van der Waals surface area (Å²) in [5.41, 5.74) is 2.30. The third kappa shape index (κ3) is 7.93. The Kier molecular flexibility index (Phi) is 10.4. The standard InChI is InChI=1S/C29H39N5OS/c1-24-13-8-10-20-33(24)21-12-19-30-28(35)18-9-11-22-36-29-32-31-27(23-25-14-4-2-5-15-25)34(29)26-16-6-3-7-17-26/h2-7,14-17,24H,8-13,18-23H2,1H3,(H,30,35). The molecule has 1 unspecified atom stereocenters. The van der Waals surface area contributed by atoms with Crippen molar-refractivity contribution in [2.24, 2.45) is 0 Å². The van der Waals surface area contributed by atoms with E-state index in [0.717, 1.165) is 61.2 Å². The SMILES string of the molecule is CC1CCCCN1CCCNC(=O)CCCCSc1nnc(Cc2ccccc2)n1-c1ccccc1. The van der Waals surface area contributed by atoms with Gasteiger partial charge in [-0.15, -0.1) is 10.2 Å². The van der Waals surface area contributed by atoms with Gasteiger partial charge in [-0.3, -0.25) is 9.36 Å². The molecule has 1 atom stereocenters. The van der Waals surface area contributed by atoms with E-state index in [0.29, 0.717) is 12.5 Å². The molecule has 1 aliphatic heterocycles. The number of carbonyl (C=O) groups excluding carboxylic acids is 1. The number of unbranched alkanes of at least 4 members (excludes halogenated alkanes) is 1. The molecule has 2 aromatic carbocycles. The number of hydrogen-bond donors (Lipinski definition) is 1. The molecule has 1 aromatic heterocycles. The molecule has 36 heavy (non-hydrogen) atoms. The maximum atomic E-state index is 12.2. The third-order valence-electron chi connectivity index (χ3n) is 6.83. The second-order valence-electron chi connectivity index (χ2n) is 9.62. The molecule has 0 bridgehead atoms. The van der Waals surface area contributed by atoms with Gasteiger partial charge < -0.3 is 10.2 Å². The number of hydrogen-bond acceptors (Lipinski definition) is 5. The number of likely N-dealkylation sites (tertiary alicyclic amines) is 1. The normalized spacial score (nSPS) is 16.2. The van der Waals surface area contributed by atoms with Crippen LogP contribution in [0.1, 0.15) is 63.3 Å². The number of piperidine rings is 1. The van der Waals surface area contributed by atoms with E-state index in [1.807, 2.05) is 24.3 Å². The molecule has 0 radical (unpaired) electrons. The van der Waals surface area contributed by atoms with Crippen LogP contribution in [0.3, 0.4) is 0 Å². The predicted molar refractivity (Wildman–Crippen MR) is 148 cm³/mol. The highest BCUT2D eigenvalue weighted by Gasteiger charge is 2.17. The summed E-state index contributed by atoms with van der Waals surface area (Å²) in [7, 11) is 0. The molecule has 1 aliphatic rings. The lowest BCUT2D eigenvalue weighted by Crippen LogP contribution is -2.39. The Balaban J connectivity index is 1.19. The largest absolute Gasteiger partial charge is 0.356 e. The van der Waals surface area contributed by atoms with Gasteiger partial charge in [0.25, 0.3) is 0 Å². The summed E-state index contributed by atoms with van der Waals surface area (Å²) >= 11 is 1.71. The summed E-state index contributed by atoms with van der Waals surface area (Å²) in [5, 5.41) is 13.0. The molecule has 7 heteroatoms. The Hall–Kier alpha value is -2.64. The first-order chi connectivity index (χ1) is 17.7. The van der Waals surface area contributed by atoms with E-state index in [9.17, 15) is 4.79 Å². The topological polar surface area (TPSA) is 63.1 Å². The van der Waals surface area contributed by atoms with E-state index in [1.165, 1.54) is 31.4 Å². The number of aromatic nitrogens is 3. The molecule has 0 spiro atoms. The smallest absolute Gasteiger partial charge is 0.219 e. The van der Waals surface area contributed by atoms with Gasteiger partial charge >= 0.3 is 0 Å². The first-order valence-corrected chi connectivity index (χ1v) is 14.4. The minimum absolute atomic E-state index is 0.171. The van der Waals surface area contributed by atoms with Crippen LogP contribution < -0.4 is 5.32 Å². The van der Waals surface area contributed by atoms with Crippen LogP contribution in [0.2, 0.25) is 0 Å². The fourth-order valence-electron chi connectivity index (χ4n) is 4.76. The van der Waals surface area contributed by atoms with Crippen molar-refractivity contribution in [2.45, 2.75) is 69.5 Å². The number of rotatable bonds is 13. The van der Waals surface area contributed by atoms with Crippen LogP contribution in [0.15, 0.2) is 65.8 Å². The Morgan fingerprint density at radius 2 is 1.78 bits per heavy atom. The number of thioether (sulfide) groups is 1. The number of carbonyl (C=O) groups is 1. The molecule has 2 heterocycles. The fraction of sp³-hybridized carbons (Fsp3) is 0.483. The van der Waals surface area contributed by atoms with Crippen LogP contribution in [-0.2, 0) is 11.2 Å². The van der Waals surface area contributed by atoms with Gasteiger partial charge in [0.1, 0.15) is 5.82 Å². The monoisotopic (exact) mass is 505 g/mol. The van der Waals surface area contributed by atoms with E-state index in [4.69, 9.17) is 0 Å². The molecule has 0 saturated carbocycles. The highest BCUT2D eigenvalue weighted by Crippen LogP contribution is 2.24. The number of amides is 1. The molecule has 0 aliphatic carbocycles. The lowest BCUT2D eigenvalue weighted by molar-refractivity contribution is -0.121. The highest BCUT2D eigenvalue weighted by molar-refractivity contribution is 7.99. The van der Waals surface area contributed by atoms with E-state index >= 15 is 0 Å². The summed E-state index contributed by atoms with van der Waals surface area (Å²) in [4.78, 5) is 14.8. The van der Waals surface area contributed by atoms with E-state index < -0.39 is 0 Å². The summed E-state index contributed by atoms with van der Waals surface area (Å²) in [6.07, 6.45) is 8.19. The third-order valence-corrected chi connectivity index (χ3v) is 7.85. The molecule has 4 rings (SSSR count). The second-order valence-corrected chi connectivity index (χ2v) is 10.7. The fourth-order valence-corrected chi connectivity index (χ4v) is 5.73. The van der Waals surface area contributed by atoms with Crippen molar-refractivity contribution >= 4 is 17.7 Å². The van der Waals surface area contributed by atoms with Crippen molar-refractivity contribution in [3.63, 3.8) is 0 Å². The van der Waals surface area contributed by atoms with E-state index in [2.05, 4.69) is 68.3 Å². The Labute approximate surface area is 219 Å². The molecule has 3 aromatic rings. The van der Waals surface area contributed by atoms with Gasteiger partial charge in [0.2, 0.25) is 5.91 Å². The van der Waals surface area contributed by atoms with Crippen LogP contribution in [0.25, 0.3) is 5.69 Å². The molecular weight excluding hydrogens is 466 g/mol. The summed E-state index contributed by atoms with van der Waals surface area (Å²) in [6, 6.07) is 21.4. The molecule has 192 valence electrons. The lowest BCUT2D eigenvalue weighted by atomic mass is 10.0. The predicted octanol–water partition coefficient (Wildman–Crippen LogP) is 5.50. The van der Waals surface area contributed by atoms with Crippen molar-refractivity contribution in [2.75, 3.05) is 25.4 Å². The first-order valence-electron chi connectivity index (χ1n) is 13.4. The van der Waals surface area contributed by atoms with Crippen molar-refractivity contribution in [1.82, 2.24) is 25.0 Å². The van der Waals surface area contributed by atoms with Gasteiger partial charge in [0.05, 0.1) is 0 Å². The number of nitrogens with one attached hydrogen (secondary N) is 1. The van der Waals surface area contributed by atoms with Crippen LogP contribution >= 0.6 is 11.8 Å². The van der Waals surface area contributed by atoms with Gasteiger partial charge in [-0.1, -0.05) is 66.7 Å². The molecule has 1 fully saturated rings. The maximum Gasteiger partial charge on any atom is 0.219 e. The second kappa shape index (κ2) is 14.2. The minimum Gasteiger partial charge on any atom is -0.356 e. The van der Waals surface area contributed by atoms with Crippen LogP contribution in [0, 0.1) is 0 Å². The van der Waals surface area contributed by atoms with Crippen molar-refractivity contribution < 1.29 is 4.79 Å². The van der Waals surface area contributed by atoms with Gasteiger partial charge in [-0.05, 0) is 63.3 Å². The average molecular weight is 506 g/mol. The molecule has 1 saturated heterocycles. The van der Waals surface area contributed by atoms with Gasteiger partial charge in [0, 0.05) is 43.4 Å². The quantitative estimate of drug-likeness (QED) is 0.245. The van der Waals surface area contributed by atoms with Crippen molar-refractivity contribution in [3.05, 3.63) is 72.1 Å². The van der Waals surface area contributed by atoms with Crippen molar-refractivity contribution in [3.8, 4) is 5.69 Å². The van der Waals surface area contributed by atoms with Crippen molar-refractivity contribution in [1.29, 1.82) is 0 Å². The van der Waals surface area contributed by atoms with E-state index in [-0.39, 0.29) is 5.91 Å². The molecule has 1 N–H and O–H groups in total. The Morgan fingerprint density at radius 3 is 2.56 bits per heavy atom. The zero-order chi connectivity index (χ0) is 25.0. The zero-order valence-corrected chi connectivity index (χ0v) is 22.3. The summed E-state index contributed by atoms with van der Waals surface area (Å²) in [5.74, 6) is 2.02. The molecular formula is C29H39N5OS. The number of benzene rings is 2. The van der Waals surface area contributed by atoms with Gasteiger partial charge in [-0.2, -0.15) is 0 Å². The maximum absolute atomic E-state index is 12.2. The Morgan fingerprint density at radius 1 is 1.00 bits per heavy atom. The number of para-hydroxylation sites is 1. The highest BCUT2D eigenvalue weighted by atomic mass is 32.2. The van der Waals surface area contributed by atoms with Crippen LogP contribution in [0.4, 0.5) is 0 Å². The zero-order valence-electron chi connectivity index (χ0n) is 21.4. The lowest BCUT2D eigenvalue weighted by Gasteiger charge is -2.33. The van der Waals surface area contributed by atoms with E-state index in [1.54, 1.807) is 11.8 Å². The van der Waals surface area contributed by atoms with Gasteiger partial charge in [0.15, 0.2) is 5.16 Å².